The lowest BCUT2D eigenvalue weighted by atomic mass is 10.1. The van der Waals surface area contributed by atoms with Crippen LogP contribution < -0.4 is 15.4 Å². The van der Waals surface area contributed by atoms with Crippen LogP contribution in [-0.2, 0) is 14.3 Å². The molecule has 1 heterocycles. The minimum Gasteiger partial charge on any atom is -0.457 e. The quantitative estimate of drug-likeness (QED) is 0.0718. The summed E-state index contributed by atoms with van der Waals surface area (Å²) in [6.07, 6.45) is 0.747. The molecule has 10 nitrogen and oxygen atoms in total. The van der Waals surface area contributed by atoms with Crippen molar-refractivity contribution >= 4 is 51.9 Å². The SMILES string of the molecule is CCN(CCC(=O)OCC(=O)c1ccccc1)c1ccc(/N=N/c2ccc3c(C)cc(=O)oc3c2)c(N(C)C=O)c1. The molecule has 0 aliphatic heterocycles. The molecule has 10 heteroatoms. The van der Waals surface area contributed by atoms with Gasteiger partial charge in [0.05, 0.1) is 17.8 Å². The monoisotopic (exact) mass is 554 g/mol. The van der Waals surface area contributed by atoms with E-state index >= 15 is 0 Å². The Kier molecular flexibility index (Phi) is 9.36. The molecule has 0 saturated heterocycles. The van der Waals surface area contributed by atoms with Crippen molar-refractivity contribution < 1.29 is 23.5 Å². The van der Waals surface area contributed by atoms with E-state index in [9.17, 15) is 19.2 Å². The van der Waals surface area contributed by atoms with Gasteiger partial charge in [-0.15, -0.1) is 5.11 Å². The number of nitrogens with zero attached hydrogens (tertiary/aromatic N) is 4. The number of carbonyl (C=O) groups is 3. The number of ether oxygens (including phenoxy) is 1. The first-order chi connectivity index (χ1) is 19.8. The molecule has 0 aliphatic carbocycles. The molecule has 0 atom stereocenters. The van der Waals surface area contributed by atoms with E-state index in [4.69, 9.17) is 9.15 Å². The van der Waals surface area contributed by atoms with Crippen LogP contribution in [0.3, 0.4) is 0 Å². The van der Waals surface area contributed by atoms with Gasteiger partial charge in [-0.3, -0.25) is 14.4 Å². The Morgan fingerprint density at radius 2 is 1.78 bits per heavy atom. The summed E-state index contributed by atoms with van der Waals surface area (Å²) in [4.78, 5) is 51.3. The number of carbonyl (C=O) groups excluding carboxylic acids is 3. The Bertz CT molecular complexity index is 1650. The molecule has 210 valence electrons. The van der Waals surface area contributed by atoms with Crippen LogP contribution in [0, 0.1) is 6.92 Å². The second-order valence-electron chi connectivity index (χ2n) is 9.30. The van der Waals surface area contributed by atoms with Gasteiger partial charge in [0, 0.05) is 48.9 Å². The molecule has 0 spiro atoms. The molecule has 0 fully saturated rings. The predicted molar refractivity (Wildman–Crippen MR) is 157 cm³/mol. The maximum atomic E-state index is 12.3. The van der Waals surface area contributed by atoms with Crippen LogP contribution in [0.2, 0.25) is 0 Å². The predicted octanol–water partition coefficient (Wildman–Crippen LogP) is 5.75. The third kappa shape index (κ3) is 7.30. The molecular formula is C31H30N4O6. The van der Waals surface area contributed by atoms with Gasteiger partial charge < -0.3 is 19.0 Å². The molecule has 4 rings (SSSR count). The fourth-order valence-electron chi connectivity index (χ4n) is 4.24. The summed E-state index contributed by atoms with van der Waals surface area (Å²) < 4.78 is 10.5. The Morgan fingerprint density at radius 3 is 2.51 bits per heavy atom. The summed E-state index contributed by atoms with van der Waals surface area (Å²) in [6.45, 7) is 4.40. The number of rotatable bonds is 12. The van der Waals surface area contributed by atoms with Gasteiger partial charge in [0.25, 0.3) is 0 Å². The summed E-state index contributed by atoms with van der Waals surface area (Å²) in [5.74, 6) is -0.745. The third-order valence-electron chi connectivity index (χ3n) is 6.50. The maximum absolute atomic E-state index is 12.3. The molecule has 0 radical (unpaired) electrons. The average Bonchev–Trinajstić information content (AvgIpc) is 2.99. The van der Waals surface area contributed by atoms with Crippen molar-refractivity contribution in [2.75, 3.05) is 36.5 Å². The summed E-state index contributed by atoms with van der Waals surface area (Å²) in [6, 6.07) is 20.7. The number of azo groups is 1. The number of hydrogen-bond acceptors (Lipinski definition) is 9. The van der Waals surface area contributed by atoms with E-state index in [0.29, 0.717) is 47.7 Å². The fraction of sp³-hybridized carbons (Fsp3) is 0.226. The van der Waals surface area contributed by atoms with Crippen LogP contribution >= 0.6 is 0 Å². The summed E-state index contributed by atoms with van der Waals surface area (Å²) in [5, 5.41) is 9.44. The van der Waals surface area contributed by atoms with Crippen LogP contribution in [0.5, 0.6) is 0 Å². The van der Waals surface area contributed by atoms with E-state index in [2.05, 4.69) is 10.2 Å². The van der Waals surface area contributed by atoms with Crippen molar-refractivity contribution in [2.45, 2.75) is 20.3 Å². The standard InChI is InChI=1S/C31H30N4O6/c1-4-35(15-14-30(38)40-19-28(37)22-8-6-5-7-9-22)24-11-13-26(27(18-24)34(3)20-36)33-32-23-10-12-25-21(2)16-31(39)41-29(25)17-23/h5-13,16-18,20H,4,14-15,19H2,1-3H3/b33-32+. The van der Waals surface area contributed by atoms with Gasteiger partial charge in [-0.2, -0.15) is 5.11 Å². The molecule has 0 N–H and O–H groups in total. The normalized spacial score (nSPS) is 11.0. The van der Waals surface area contributed by atoms with Gasteiger partial charge in [-0.05, 0) is 49.7 Å². The van der Waals surface area contributed by atoms with Crippen LogP contribution in [0.1, 0.15) is 29.3 Å². The number of Topliss-reactive ketones (excluding diaryl/α,β-unsaturated/α-hetero) is 1. The van der Waals surface area contributed by atoms with Gasteiger partial charge in [0.1, 0.15) is 11.3 Å². The van der Waals surface area contributed by atoms with Crippen molar-refractivity contribution in [1.29, 1.82) is 0 Å². The van der Waals surface area contributed by atoms with Gasteiger partial charge in [-0.25, -0.2) is 4.79 Å². The second-order valence-corrected chi connectivity index (χ2v) is 9.30. The number of fused-ring (bicyclic) bond motifs is 1. The van der Waals surface area contributed by atoms with E-state index in [1.54, 1.807) is 55.6 Å². The Hall–Kier alpha value is -5.12. The lowest BCUT2D eigenvalue weighted by molar-refractivity contribution is -0.142. The highest BCUT2D eigenvalue weighted by atomic mass is 16.5. The van der Waals surface area contributed by atoms with Crippen LogP contribution in [0.4, 0.5) is 22.7 Å². The fourth-order valence-corrected chi connectivity index (χ4v) is 4.24. The smallest absolute Gasteiger partial charge is 0.336 e. The Morgan fingerprint density at radius 1 is 1.00 bits per heavy atom. The lowest BCUT2D eigenvalue weighted by Crippen LogP contribution is -2.27. The number of amides is 1. The van der Waals surface area contributed by atoms with E-state index in [0.717, 1.165) is 16.6 Å². The number of benzene rings is 3. The van der Waals surface area contributed by atoms with Crippen molar-refractivity contribution in [3.8, 4) is 0 Å². The molecule has 3 aromatic carbocycles. The van der Waals surface area contributed by atoms with Crippen LogP contribution in [0.25, 0.3) is 11.0 Å². The first kappa shape index (κ1) is 28.9. The highest BCUT2D eigenvalue weighted by Gasteiger charge is 2.15. The topological polar surface area (TPSA) is 122 Å². The molecule has 0 aliphatic rings. The molecule has 1 amide bonds. The number of hydrogen-bond donors (Lipinski definition) is 0. The zero-order valence-corrected chi connectivity index (χ0v) is 23.1. The van der Waals surface area contributed by atoms with Gasteiger partial charge >= 0.3 is 11.6 Å². The number of ketones is 1. The van der Waals surface area contributed by atoms with E-state index in [1.807, 2.05) is 36.9 Å². The van der Waals surface area contributed by atoms with E-state index < -0.39 is 11.6 Å². The first-order valence-electron chi connectivity index (χ1n) is 13.1. The molecule has 0 saturated carbocycles. The highest BCUT2D eigenvalue weighted by molar-refractivity contribution is 5.97. The van der Waals surface area contributed by atoms with Crippen LogP contribution in [0.15, 0.2) is 92.2 Å². The third-order valence-corrected chi connectivity index (χ3v) is 6.50. The maximum Gasteiger partial charge on any atom is 0.336 e. The van der Waals surface area contributed by atoms with Crippen molar-refractivity contribution in [2.24, 2.45) is 10.2 Å². The summed E-state index contributed by atoms with van der Waals surface area (Å²) in [7, 11) is 1.61. The molecule has 1 aromatic heterocycles. The van der Waals surface area contributed by atoms with E-state index in [-0.39, 0.29) is 18.8 Å². The van der Waals surface area contributed by atoms with Crippen molar-refractivity contribution in [3.63, 3.8) is 0 Å². The zero-order valence-electron chi connectivity index (χ0n) is 23.1. The minimum absolute atomic E-state index is 0.0772. The Balaban J connectivity index is 1.46. The summed E-state index contributed by atoms with van der Waals surface area (Å²) in [5.41, 5.74) is 3.47. The summed E-state index contributed by atoms with van der Waals surface area (Å²) >= 11 is 0. The van der Waals surface area contributed by atoms with Crippen molar-refractivity contribution in [3.05, 3.63) is 94.3 Å². The second kappa shape index (κ2) is 13.3. The highest BCUT2D eigenvalue weighted by Crippen LogP contribution is 2.34. The molecule has 0 unspecified atom stereocenters. The molecule has 0 bridgehead atoms. The lowest BCUT2D eigenvalue weighted by Gasteiger charge is -2.24. The van der Waals surface area contributed by atoms with Crippen LogP contribution in [-0.4, -0.2) is 44.9 Å². The number of anilines is 2. The van der Waals surface area contributed by atoms with E-state index in [1.165, 1.54) is 11.0 Å². The molecule has 4 aromatic rings. The average molecular weight is 555 g/mol. The first-order valence-corrected chi connectivity index (χ1v) is 13.1. The number of esters is 1. The Labute approximate surface area is 236 Å². The van der Waals surface area contributed by atoms with Crippen molar-refractivity contribution in [1.82, 2.24) is 0 Å². The van der Waals surface area contributed by atoms with Gasteiger partial charge in [0.15, 0.2) is 12.4 Å². The molecular weight excluding hydrogens is 524 g/mol. The van der Waals surface area contributed by atoms with Gasteiger partial charge in [-0.1, -0.05) is 30.3 Å². The van der Waals surface area contributed by atoms with Gasteiger partial charge in [0.2, 0.25) is 6.41 Å². The zero-order chi connectivity index (χ0) is 29.4. The molecule has 41 heavy (non-hydrogen) atoms. The minimum atomic E-state index is -0.482. The largest absolute Gasteiger partial charge is 0.457 e. The number of aryl methyl sites for hydroxylation is 1.